The van der Waals surface area contributed by atoms with Crippen LogP contribution < -0.4 is 10.5 Å². The van der Waals surface area contributed by atoms with Gasteiger partial charge in [0.2, 0.25) is 0 Å². The lowest BCUT2D eigenvalue weighted by Crippen LogP contribution is -2.17. The van der Waals surface area contributed by atoms with Gasteiger partial charge in [-0.25, -0.2) is 9.00 Å². The average molecular weight is 382 g/mol. The van der Waals surface area contributed by atoms with E-state index in [-0.39, 0.29) is 11.5 Å². The van der Waals surface area contributed by atoms with Crippen molar-refractivity contribution in [3.63, 3.8) is 0 Å². The van der Waals surface area contributed by atoms with E-state index >= 15 is 0 Å². The fraction of sp³-hybridized carbons (Fsp3) is 0.125. The van der Waals surface area contributed by atoms with Gasteiger partial charge in [0.25, 0.3) is 0 Å². The fourth-order valence-corrected chi connectivity index (χ4v) is 3.50. The fourth-order valence-electron chi connectivity index (χ4n) is 1.89. The van der Waals surface area contributed by atoms with E-state index in [2.05, 4.69) is 9.08 Å². The molecule has 0 spiro atoms. The number of benzene rings is 2. The maximum absolute atomic E-state index is 13.1. The monoisotopic (exact) mass is 381 g/mol. The maximum Gasteiger partial charge on any atom is 0.348 e. The van der Waals surface area contributed by atoms with E-state index in [1.54, 1.807) is 36.4 Å². The average Bonchev–Trinajstić information content (AvgIpc) is 2.55. The number of urea groups is 1. The van der Waals surface area contributed by atoms with Crippen LogP contribution in [0.5, 0.6) is 0 Å². The van der Waals surface area contributed by atoms with E-state index in [0.29, 0.717) is 16.3 Å². The quantitative estimate of drug-likeness (QED) is 0.773. The molecular weight excluding hydrogens is 366 g/mol. The lowest BCUT2D eigenvalue weighted by molar-refractivity contribution is -0.142. The van der Waals surface area contributed by atoms with Crippen LogP contribution in [0, 0.1) is 0 Å². The third-order valence-corrected chi connectivity index (χ3v) is 5.12. The van der Waals surface area contributed by atoms with Crippen molar-refractivity contribution in [3.8, 4) is 0 Å². The van der Waals surface area contributed by atoms with Crippen molar-refractivity contribution >= 4 is 39.2 Å². The molecule has 132 valence electrons. The molecule has 25 heavy (non-hydrogen) atoms. The Morgan fingerprint density at radius 3 is 2.28 bits per heavy atom. The molecule has 0 saturated heterocycles. The van der Waals surface area contributed by atoms with Crippen LogP contribution in [0.3, 0.4) is 0 Å². The molecule has 9 heteroatoms. The zero-order valence-electron chi connectivity index (χ0n) is 13.3. The zero-order chi connectivity index (χ0) is 18.4. The molecule has 3 N–H and O–H groups in total. The number of hydrogen-bond donors (Lipinski definition) is 2. The number of rotatable bonds is 5. The van der Waals surface area contributed by atoms with Crippen LogP contribution in [0.25, 0.3) is 0 Å². The second-order valence-electron chi connectivity index (χ2n) is 4.99. The highest BCUT2D eigenvalue weighted by molar-refractivity contribution is 7.95. The highest BCUT2D eigenvalue weighted by atomic mass is 35.5. The SMILES string of the molecule is CC(=O)OCc1ccc(S(=O)(=NC(N)=O)Nc2ccc(Cl)cc2)cc1. The maximum atomic E-state index is 13.1. The van der Waals surface area contributed by atoms with Crippen LogP contribution in [0.4, 0.5) is 10.5 Å². The minimum Gasteiger partial charge on any atom is -0.461 e. The Morgan fingerprint density at radius 1 is 1.16 bits per heavy atom. The number of ether oxygens (including phenoxy) is 1. The molecule has 1 unspecified atom stereocenters. The van der Waals surface area contributed by atoms with Crippen LogP contribution in [0.15, 0.2) is 57.8 Å². The second kappa shape index (κ2) is 8.00. The summed E-state index contributed by atoms with van der Waals surface area (Å²) >= 11 is 5.82. The number of anilines is 1. The molecule has 2 aromatic rings. The highest BCUT2D eigenvalue weighted by Crippen LogP contribution is 2.21. The first-order valence-electron chi connectivity index (χ1n) is 7.11. The van der Waals surface area contributed by atoms with Crippen molar-refractivity contribution in [3.05, 3.63) is 59.1 Å². The molecule has 1 atom stereocenters. The Morgan fingerprint density at radius 2 is 1.76 bits per heavy atom. The van der Waals surface area contributed by atoms with Crippen molar-refractivity contribution in [1.29, 1.82) is 0 Å². The van der Waals surface area contributed by atoms with E-state index in [1.165, 1.54) is 19.1 Å². The van der Waals surface area contributed by atoms with Gasteiger partial charge in [-0.15, -0.1) is 4.36 Å². The van der Waals surface area contributed by atoms with Crippen molar-refractivity contribution in [2.45, 2.75) is 18.4 Å². The summed E-state index contributed by atoms with van der Waals surface area (Å²) in [5.74, 6) is -0.402. The van der Waals surface area contributed by atoms with E-state index < -0.39 is 21.9 Å². The Labute approximate surface area is 150 Å². The Hall–Kier alpha value is -2.58. The minimum atomic E-state index is -3.33. The molecule has 2 amide bonds. The third kappa shape index (κ3) is 5.47. The molecule has 0 saturated carbocycles. The van der Waals surface area contributed by atoms with Gasteiger partial charge >= 0.3 is 12.0 Å². The van der Waals surface area contributed by atoms with Gasteiger partial charge in [0, 0.05) is 17.6 Å². The topological polar surface area (TPSA) is 111 Å². The second-order valence-corrected chi connectivity index (χ2v) is 7.33. The first-order valence-corrected chi connectivity index (χ1v) is 9.00. The molecule has 0 aliphatic rings. The first kappa shape index (κ1) is 18.8. The summed E-state index contributed by atoms with van der Waals surface area (Å²) in [5, 5.41) is 0.513. The van der Waals surface area contributed by atoms with Crippen LogP contribution in [0.1, 0.15) is 12.5 Å². The molecule has 0 bridgehead atoms. The molecule has 0 heterocycles. The predicted molar refractivity (Wildman–Crippen MR) is 95.4 cm³/mol. The predicted octanol–water partition coefficient (Wildman–Crippen LogP) is 3.34. The van der Waals surface area contributed by atoms with E-state index in [0.717, 1.165) is 0 Å². The van der Waals surface area contributed by atoms with Gasteiger partial charge in [0.05, 0.1) is 4.90 Å². The normalized spacial score (nSPS) is 12.7. The first-order chi connectivity index (χ1) is 11.8. The van der Waals surface area contributed by atoms with Crippen molar-refractivity contribution in [2.75, 3.05) is 4.72 Å². The van der Waals surface area contributed by atoms with Gasteiger partial charge in [-0.05, 0) is 42.0 Å². The van der Waals surface area contributed by atoms with Gasteiger partial charge in [-0.2, -0.15) is 0 Å². The van der Waals surface area contributed by atoms with Gasteiger partial charge in [-0.1, -0.05) is 23.7 Å². The zero-order valence-corrected chi connectivity index (χ0v) is 14.8. The van der Waals surface area contributed by atoms with Crippen LogP contribution in [-0.4, -0.2) is 16.2 Å². The number of nitrogens with one attached hydrogen (secondary N) is 1. The largest absolute Gasteiger partial charge is 0.461 e. The smallest absolute Gasteiger partial charge is 0.348 e. The van der Waals surface area contributed by atoms with Gasteiger partial charge in [0.1, 0.15) is 6.61 Å². The molecule has 0 aromatic heterocycles. The van der Waals surface area contributed by atoms with Crippen molar-refractivity contribution in [2.24, 2.45) is 10.1 Å². The number of esters is 1. The van der Waals surface area contributed by atoms with Gasteiger partial charge in [-0.3, -0.25) is 9.52 Å². The van der Waals surface area contributed by atoms with Crippen LogP contribution in [-0.2, 0) is 26.1 Å². The number of nitrogens with two attached hydrogens (primary N) is 1. The Bertz CT molecular complexity index is 889. The minimum absolute atomic E-state index is 0.0916. The molecule has 0 aliphatic heterocycles. The number of nitrogens with zero attached hydrogens (tertiary/aromatic N) is 1. The van der Waals surface area contributed by atoms with Crippen molar-refractivity contribution in [1.82, 2.24) is 0 Å². The molecule has 2 rings (SSSR count). The standard InChI is InChI=1S/C16H16ClN3O4S/c1-11(21)24-10-12-2-8-15(9-3-12)25(23,20-16(18)22)19-14-6-4-13(17)5-7-14/h2-9H,10H2,1H3,(H3,18,19,20,22,23). The molecule has 0 fully saturated rings. The summed E-state index contributed by atoms with van der Waals surface area (Å²) in [4.78, 5) is 22.3. The van der Waals surface area contributed by atoms with Crippen LogP contribution >= 0.6 is 11.6 Å². The summed E-state index contributed by atoms with van der Waals surface area (Å²) in [7, 11) is -3.33. The number of primary amides is 1. The Kier molecular flexibility index (Phi) is 6.00. The number of halogens is 1. The summed E-state index contributed by atoms with van der Waals surface area (Å²) in [6.45, 7) is 1.40. The summed E-state index contributed by atoms with van der Waals surface area (Å²) in [5.41, 5.74) is 6.26. The Balaban J connectivity index is 2.33. The number of amides is 2. The van der Waals surface area contributed by atoms with E-state index in [9.17, 15) is 13.8 Å². The summed E-state index contributed by atoms with van der Waals surface area (Å²) in [6, 6.07) is 11.7. The summed E-state index contributed by atoms with van der Waals surface area (Å²) < 4.78 is 24.3. The third-order valence-electron chi connectivity index (χ3n) is 3.00. The van der Waals surface area contributed by atoms with Gasteiger partial charge in [0.15, 0.2) is 9.92 Å². The van der Waals surface area contributed by atoms with E-state index in [1.807, 2.05) is 0 Å². The molecule has 0 aliphatic carbocycles. The van der Waals surface area contributed by atoms with Crippen molar-refractivity contribution < 1.29 is 18.5 Å². The van der Waals surface area contributed by atoms with Gasteiger partial charge < -0.3 is 10.5 Å². The number of carbonyl (C=O) groups excluding carboxylic acids is 2. The summed E-state index contributed by atoms with van der Waals surface area (Å²) in [6.07, 6.45) is 0. The lowest BCUT2D eigenvalue weighted by Gasteiger charge is -2.13. The molecular formula is C16H16ClN3O4S. The molecule has 0 radical (unpaired) electrons. The van der Waals surface area contributed by atoms with E-state index in [4.69, 9.17) is 22.1 Å². The number of carbonyl (C=O) groups is 2. The highest BCUT2D eigenvalue weighted by Gasteiger charge is 2.15. The lowest BCUT2D eigenvalue weighted by atomic mass is 10.2. The molecule has 7 nitrogen and oxygen atoms in total. The van der Waals surface area contributed by atoms with Crippen LogP contribution in [0.2, 0.25) is 5.02 Å². The number of hydrogen-bond acceptors (Lipinski definition) is 4. The molecule has 2 aromatic carbocycles.